The van der Waals surface area contributed by atoms with E-state index in [2.05, 4.69) is 10.1 Å². The maximum atomic E-state index is 11.3. The molecule has 0 unspecified atom stereocenters. The Morgan fingerprint density at radius 1 is 1.62 bits per heavy atom. The molecule has 1 heterocycles. The Morgan fingerprint density at radius 2 is 2.38 bits per heavy atom. The van der Waals surface area contributed by atoms with E-state index >= 15 is 0 Å². The van der Waals surface area contributed by atoms with Gasteiger partial charge in [0.25, 0.3) is 0 Å². The predicted octanol–water partition coefficient (Wildman–Crippen LogP) is -0.125. The van der Waals surface area contributed by atoms with Crippen molar-refractivity contribution in [2.45, 2.75) is 0 Å². The monoisotopic (exact) mass is 204 g/mol. The summed E-state index contributed by atoms with van der Waals surface area (Å²) in [6, 6.07) is 0. The zero-order valence-electron chi connectivity index (χ0n) is 7.41. The Kier molecular flexibility index (Phi) is 3.88. The van der Waals surface area contributed by atoms with E-state index in [-0.39, 0.29) is 12.5 Å². The third-order valence-electron chi connectivity index (χ3n) is 1.67. The van der Waals surface area contributed by atoms with Gasteiger partial charge >= 0.3 is 6.09 Å². The van der Waals surface area contributed by atoms with Gasteiger partial charge in [-0.25, -0.2) is 4.79 Å². The molecule has 0 bridgehead atoms. The number of hydrogen-bond acceptors (Lipinski definition) is 4. The number of nitrogens with zero attached hydrogens (tertiary/aromatic N) is 1. The number of rotatable bonds is 2. The van der Waals surface area contributed by atoms with Crippen LogP contribution in [0.1, 0.15) is 0 Å². The molecule has 13 heavy (non-hydrogen) atoms. The molecular formula is C7H12N2O3S. The lowest BCUT2D eigenvalue weighted by Crippen LogP contribution is -2.38. The number of alkyl carbamates (subject to hydrolysis) is 1. The number of ether oxygens (including phenoxy) is 1. The standard InChI is InChI=1S/C7H12N2O3S/c1-12-7(11)8-4-6(10)9-2-3-13-5-9/h2-5H2,1H3,(H,8,11). The van der Waals surface area contributed by atoms with Crippen LogP contribution in [0.2, 0.25) is 0 Å². The van der Waals surface area contributed by atoms with Crippen LogP contribution in [0.4, 0.5) is 4.79 Å². The molecule has 0 spiro atoms. The number of amides is 2. The topological polar surface area (TPSA) is 58.6 Å². The summed E-state index contributed by atoms with van der Waals surface area (Å²) < 4.78 is 4.34. The number of methoxy groups -OCH3 is 1. The van der Waals surface area contributed by atoms with Gasteiger partial charge < -0.3 is 15.0 Å². The fraction of sp³-hybridized carbons (Fsp3) is 0.714. The third-order valence-corrected chi connectivity index (χ3v) is 2.64. The summed E-state index contributed by atoms with van der Waals surface area (Å²) in [5.74, 6) is 1.64. The first-order chi connectivity index (χ1) is 6.24. The van der Waals surface area contributed by atoms with E-state index in [1.807, 2.05) is 0 Å². The molecule has 0 aromatic rings. The highest BCUT2D eigenvalue weighted by Crippen LogP contribution is 2.12. The molecule has 1 rings (SSSR count). The van der Waals surface area contributed by atoms with E-state index in [1.54, 1.807) is 16.7 Å². The molecule has 1 fully saturated rings. The molecule has 6 heteroatoms. The average molecular weight is 204 g/mol. The second kappa shape index (κ2) is 4.96. The van der Waals surface area contributed by atoms with Crippen LogP contribution in [0.3, 0.4) is 0 Å². The van der Waals surface area contributed by atoms with E-state index < -0.39 is 6.09 Å². The maximum Gasteiger partial charge on any atom is 0.407 e. The number of hydrogen-bond donors (Lipinski definition) is 1. The minimum atomic E-state index is -0.569. The fourth-order valence-electron chi connectivity index (χ4n) is 0.942. The van der Waals surface area contributed by atoms with Gasteiger partial charge in [0.05, 0.1) is 13.0 Å². The van der Waals surface area contributed by atoms with Crippen molar-refractivity contribution in [2.24, 2.45) is 0 Å². The zero-order chi connectivity index (χ0) is 9.68. The molecule has 0 aromatic carbocycles. The minimum Gasteiger partial charge on any atom is -0.453 e. The fourth-order valence-corrected chi connectivity index (χ4v) is 1.91. The molecule has 1 saturated heterocycles. The van der Waals surface area contributed by atoms with E-state index in [0.717, 1.165) is 18.2 Å². The Morgan fingerprint density at radius 3 is 2.92 bits per heavy atom. The van der Waals surface area contributed by atoms with Crippen LogP contribution in [0.15, 0.2) is 0 Å². The predicted molar refractivity (Wildman–Crippen MR) is 49.4 cm³/mol. The van der Waals surface area contributed by atoms with Crippen molar-refractivity contribution in [2.75, 3.05) is 31.8 Å². The van der Waals surface area contributed by atoms with Crippen molar-refractivity contribution in [3.63, 3.8) is 0 Å². The summed E-state index contributed by atoms with van der Waals surface area (Å²) in [7, 11) is 1.27. The Balaban J connectivity index is 2.20. The molecule has 1 N–H and O–H groups in total. The van der Waals surface area contributed by atoms with Crippen molar-refractivity contribution < 1.29 is 14.3 Å². The van der Waals surface area contributed by atoms with Gasteiger partial charge in [-0.3, -0.25) is 4.79 Å². The Hall–Kier alpha value is -0.910. The quantitative estimate of drug-likeness (QED) is 0.681. The molecule has 0 aromatic heterocycles. The van der Waals surface area contributed by atoms with E-state index in [4.69, 9.17) is 0 Å². The van der Waals surface area contributed by atoms with E-state index in [0.29, 0.717) is 0 Å². The highest BCUT2D eigenvalue weighted by atomic mass is 32.2. The zero-order valence-corrected chi connectivity index (χ0v) is 8.23. The molecule has 0 radical (unpaired) electrons. The Labute approximate surface area is 80.8 Å². The van der Waals surface area contributed by atoms with E-state index in [9.17, 15) is 9.59 Å². The van der Waals surface area contributed by atoms with Crippen LogP contribution >= 0.6 is 11.8 Å². The van der Waals surface area contributed by atoms with Crippen LogP contribution < -0.4 is 5.32 Å². The summed E-state index contributed by atoms with van der Waals surface area (Å²) in [4.78, 5) is 23.6. The smallest absolute Gasteiger partial charge is 0.407 e. The van der Waals surface area contributed by atoms with Gasteiger partial charge in [-0.2, -0.15) is 0 Å². The summed E-state index contributed by atoms with van der Waals surface area (Å²) in [6.07, 6.45) is -0.569. The SMILES string of the molecule is COC(=O)NCC(=O)N1CCSC1. The third kappa shape index (κ3) is 3.14. The number of thioether (sulfide) groups is 1. The molecule has 0 saturated carbocycles. The molecule has 2 amide bonds. The largest absolute Gasteiger partial charge is 0.453 e. The second-order valence-corrected chi connectivity index (χ2v) is 3.61. The molecule has 74 valence electrons. The first kappa shape index (κ1) is 10.2. The highest BCUT2D eigenvalue weighted by Gasteiger charge is 2.18. The molecular weight excluding hydrogens is 192 g/mol. The number of carbonyl (C=O) groups is 2. The lowest BCUT2D eigenvalue weighted by Gasteiger charge is -2.13. The first-order valence-corrected chi connectivity index (χ1v) is 5.07. The Bertz CT molecular complexity index is 204. The van der Waals surface area contributed by atoms with Crippen LogP contribution in [0, 0.1) is 0 Å². The highest BCUT2D eigenvalue weighted by molar-refractivity contribution is 7.99. The van der Waals surface area contributed by atoms with Gasteiger partial charge in [0.1, 0.15) is 6.54 Å². The van der Waals surface area contributed by atoms with Gasteiger partial charge in [-0.15, -0.1) is 11.8 Å². The minimum absolute atomic E-state index is 0.0211. The first-order valence-electron chi connectivity index (χ1n) is 3.91. The number of nitrogens with one attached hydrogen (secondary N) is 1. The van der Waals surface area contributed by atoms with Crippen LogP contribution in [-0.2, 0) is 9.53 Å². The van der Waals surface area contributed by atoms with Gasteiger partial charge in [0.15, 0.2) is 0 Å². The lowest BCUT2D eigenvalue weighted by molar-refractivity contribution is -0.128. The number of carbonyl (C=O) groups excluding carboxylic acids is 2. The normalized spacial score (nSPS) is 15.6. The lowest BCUT2D eigenvalue weighted by atomic mass is 10.5. The molecule has 5 nitrogen and oxygen atoms in total. The second-order valence-electron chi connectivity index (χ2n) is 2.54. The van der Waals surface area contributed by atoms with Gasteiger partial charge in [0.2, 0.25) is 5.91 Å². The van der Waals surface area contributed by atoms with E-state index in [1.165, 1.54) is 7.11 Å². The van der Waals surface area contributed by atoms with Crippen molar-refractivity contribution in [1.29, 1.82) is 0 Å². The molecule has 0 atom stereocenters. The maximum absolute atomic E-state index is 11.3. The summed E-state index contributed by atoms with van der Waals surface area (Å²) >= 11 is 1.71. The summed E-state index contributed by atoms with van der Waals surface area (Å²) in [5, 5.41) is 2.35. The molecule has 1 aliphatic rings. The molecule has 1 aliphatic heterocycles. The summed E-state index contributed by atoms with van der Waals surface area (Å²) in [6.45, 7) is 0.791. The summed E-state index contributed by atoms with van der Waals surface area (Å²) in [5.41, 5.74) is 0. The molecule has 0 aliphatic carbocycles. The van der Waals surface area contributed by atoms with Crippen LogP contribution in [0.25, 0.3) is 0 Å². The van der Waals surface area contributed by atoms with Crippen LogP contribution in [0.5, 0.6) is 0 Å². The van der Waals surface area contributed by atoms with Crippen molar-refractivity contribution in [3.05, 3.63) is 0 Å². The van der Waals surface area contributed by atoms with Crippen LogP contribution in [-0.4, -0.2) is 48.7 Å². The van der Waals surface area contributed by atoms with Crippen molar-refractivity contribution >= 4 is 23.8 Å². The van der Waals surface area contributed by atoms with Crippen molar-refractivity contribution in [3.8, 4) is 0 Å². The van der Waals surface area contributed by atoms with Gasteiger partial charge in [0, 0.05) is 12.3 Å². The van der Waals surface area contributed by atoms with Gasteiger partial charge in [-0.1, -0.05) is 0 Å². The average Bonchev–Trinajstić information content (AvgIpc) is 2.66. The van der Waals surface area contributed by atoms with Gasteiger partial charge in [-0.05, 0) is 0 Å². The van der Waals surface area contributed by atoms with Crippen molar-refractivity contribution in [1.82, 2.24) is 10.2 Å².